The molecule has 0 spiro atoms. The van der Waals surface area contributed by atoms with Gasteiger partial charge in [0.25, 0.3) is 5.91 Å². The number of carbonyl (C=O) groups is 3. The summed E-state index contributed by atoms with van der Waals surface area (Å²) in [7, 11) is 0. The molecule has 1 aromatic carbocycles. The van der Waals surface area contributed by atoms with Crippen LogP contribution in [0.2, 0.25) is 0 Å². The van der Waals surface area contributed by atoms with Crippen molar-refractivity contribution in [3.63, 3.8) is 0 Å². The second-order valence-electron chi connectivity index (χ2n) is 5.94. The number of amides is 3. The molecule has 1 fully saturated rings. The smallest absolute Gasteiger partial charge is 0.255 e. The van der Waals surface area contributed by atoms with Crippen LogP contribution in [0.4, 0.5) is 0 Å². The van der Waals surface area contributed by atoms with Crippen molar-refractivity contribution in [2.45, 2.75) is 45.7 Å². The molecule has 5 heteroatoms. The van der Waals surface area contributed by atoms with Gasteiger partial charge in [-0.05, 0) is 48.6 Å². The van der Waals surface area contributed by atoms with Gasteiger partial charge in [-0.15, -0.1) is 0 Å². The van der Waals surface area contributed by atoms with E-state index in [-0.39, 0.29) is 24.1 Å². The first-order valence-electron chi connectivity index (χ1n) is 7.98. The second-order valence-corrected chi connectivity index (χ2v) is 5.94. The molecule has 1 saturated heterocycles. The Kier molecular flexibility index (Phi) is 4.03. The highest BCUT2D eigenvalue weighted by atomic mass is 16.2. The van der Waals surface area contributed by atoms with E-state index >= 15 is 0 Å². The fourth-order valence-electron chi connectivity index (χ4n) is 3.35. The van der Waals surface area contributed by atoms with Crippen molar-refractivity contribution in [2.24, 2.45) is 0 Å². The molecule has 2 aliphatic rings. The van der Waals surface area contributed by atoms with Crippen molar-refractivity contribution in [3.05, 3.63) is 41.0 Å². The predicted octanol–water partition coefficient (Wildman–Crippen LogP) is 2.26. The Labute approximate surface area is 135 Å². The molecule has 1 N–H and O–H groups in total. The molecule has 0 radical (unpaired) electrons. The number of rotatable bonds is 3. The fraction of sp³-hybridized carbons (Fsp3) is 0.389. The average Bonchev–Trinajstić information content (AvgIpc) is 2.85. The summed E-state index contributed by atoms with van der Waals surface area (Å²) < 4.78 is 0. The van der Waals surface area contributed by atoms with E-state index in [9.17, 15) is 14.4 Å². The maximum absolute atomic E-state index is 12.6. The van der Waals surface area contributed by atoms with Gasteiger partial charge in [-0.2, -0.15) is 0 Å². The van der Waals surface area contributed by atoms with E-state index < -0.39 is 6.04 Å². The van der Waals surface area contributed by atoms with Gasteiger partial charge in [0.1, 0.15) is 6.04 Å². The van der Waals surface area contributed by atoms with Gasteiger partial charge in [-0.3, -0.25) is 19.7 Å². The minimum atomic E-state index is -0.552. The molecule has 0 aliphatic carbocycles. The van der Waals surface area contributed by atoms with Crippen LogP contribution in [0.5, 0.6) is 0 Å². The van der Waals surface area contributed by atoms with Gasteiger partial charge in [-0.1, -0.05) is 19.1 Å². The SMILES string of the molecule is C/C=C(\CC)c1ccc2c(c1)CN(C1CCC(=O)NC1=O)C2=O. The van der Waals surface area contributed by atoms with Crippen molar-refractivity contribution >= 4 is 23.3 Å². The molecule has 2 aliphatic heterocycles. The number of hydrogen-bond acceptors (Lipinski definition) is 3. The van der Waals surface area contributed by atoms with Gasteiger partial charge in [0.15, 0.2) is 0 Å². The highest BCUT2D eigenvalue weighted by molar-refractivity contribution is 6.05. The van der Waals surface area contributed by atoms with Gasteiger partial charge in [-0.25, -0.2) is 0 Å². The van der Waals surface area contributed by atoms with Crippen LogP contribution >= 0.6 is 0 Å². The maximum atomic E-state index is 12.6. The van der Waals surface area contributed by atoms with Crippen LogP contribution in [0, 0.1) is 0 Å². The Morgan fingerprint density at radius 3 is 2.78 bits per heavy atom. The number of imide groups is 1. The maximum Gasteiger partial charge on any atom is 0.255 e. The number of nitrogens with one attached hydrogen (secondary N) is 1. The third-order valence-corrected chi connectivity index (χ3v) is 4.62. The van der Waals surface area contributed by atoms with Crippen LogP contribution in [0.15, 0.2) is 24.3 Å². The highest BCUT2D eigenvalue weighted by Crippen LogP contribution is 2.30. The Morgan fingerprint density at radius 1 is 1.35 bits per heavy atom. The Bertz CT molecular complexity index is 721. The Hall–Kier alpha value is -2.43. The topological polar surface area (TPSA) is 66.5 Å². The third-order valence-electron chi connectivity index (χ3n) is 4.62. The molecule has 0 bridgehead atoms. The van der Waals surface area contributed by atoms with Crippen LogP contribution < -0.4 is 5.32 Å². The number of fused-ring (bicyclic) bond motifs is 1. The van der Waals surface area contributed by atoms with Crippen molar-refractivity contribution in [1.82, 2.24) is 10.2 Å². The molecular weight excluding hydrogens is 292 g/mol. The highest BCUT2D eigenvalue weighted by Gasteiger charge is 2.39. The normalized spacial score (nSPS) is 21.5. The number of hydrogen-bond donors (Lipinski definition) is 1. The fourth-order valence-corrected chi connectivity index (χ4v) is 3.35. The van der Waals surface area contributed by atoms with E-state index in [1.165, 1.54) is 5.57 Å². The van der Waals surface area contributed by atoms with Crippen LogP contribution in [0.3, 0.4) is 0 Å². The summed E-state index contributed by atoms with van der Waals surface area (Å²) in [6, 6.07) is 5.29. The second kappa shape index (κ2) is 5.99. The lowest BCUT2D eigenvalue weighted by molar-refractivity contribution is -0.136. The van der Waals surface area contributed by atoms with Gasteiger partial charge < -0.3 is 4.90 Å². The zero-order valence-corrected chi connectivity index (χ0v) is 13.4. The molecule has 120 valence electrons. The van der Waals surface area contributed by atoms with Gasteiger partial charge in [0, 0.05) is 18.5 Å². The van der Waals surface area contributed by atoms with Crippen LogP contribution in [-0.2, 0) is 16.1 Å². The van der Waals surface area contributed by atoms with E-state index in [4.69, 9.17) is 0 Å². The largest absolute Gasteiger partial charge is 0.322 e. The van der Waals surface area contributed by atoms with Gasteiger partial charge in [0.05, 0.1) is 0 Å². The van der Waals surface area contributed by atoms with E-state index in [0.29, 0.717) is 18.5 Å². The summed E-state index contributed by atoms with van der Waals surface area (Å²) in [6.07, 6.45) is 3.68. The molecule has 1 unspecified atom stereocenters. The molecule has 0 aromatic heterocycles. The molecule has 23 heavy (non-hydrogen) atoms. The predicted molar refractivity (Wildman–Crippen MR) is 86.4 cm³/mol. The van der Waals surface area contributed by atoms with Crippen molar-refractivity contribution in [1.29, 1.82) is 0 Å². The van der Waals surface area contributed by atoms with Crippen LogP contribution in [-0.4, -0.2) is 28.7 Å². The Balaban J connectivity index is 1.87. The number of nitrogens with zero attached hydrogens (tertiary/aromatic N) is 1. The van der Waals surface area contributed by atoms with Crippen LogP contribution in [0.25, 0.3) is 5.57 Å². The summed E-state index contributed by atoms with van der Waals surface area (Å²) in [5.41, 5.74) is 3.96. The van der Waals surface area contributed by atoms with E-state index in [2.05, 4.69) is 18.3 Å². The zero-order valence-electron chi connectivity index (χ0n) is 13.4. The quantitative estimate of drug-likeness (QED) is 0.871. The lowest BCUT2D eigenvalue weighted by atomic mass is 9.99. The number of carbonyl (C=O) groups excluding carboxylic acids is 3. The molecule has 2 heterocycles. The molecule has 1 aromatic rings. The first-order valence-corrected chi connectivity index (χ1v) is 7.98. The van der Waals surface area contributed by atoms with Crippen molar-refractivity contribution in [2.75, 3.05) is 0 Å². The average molecular weight is 312 g/mol. The summed E-state index contributed by atoms with van der Waals surface area (Å²) in [4.78, 5) is 37.5. The molecule has 1 atom stereocenters. The minimum absolute atomic E-state index is 0.125. The molecule has 3 amide bonds. The summed E-state index contributed by atoms with van der Waals surface area (Å²) in [6.45, 7) is 4.53. The van der Waals surface area contributed by atoms with Gasteiger partial charge in [0.2, 0.25) is 11.8 Å². The number of benzene rings is 1. The zero-order chi connectivity index (χ0) is 16.6. The lowest BCUT2D eigenvalue weighted by Crippen LogP contribution is -2.52. The first-order chi connectivity index (χ1) is 11.0. The molecule has 0 saturated carbocycles. The molecular formula is C18H20N2O3. The summed E-state index contributed by atoms with van der Waals surface area (Å²) >= 11 is 0. The van der Waals surface area contributed by atoms with Crippen molar-refractivity contribution < 1.29 is 14.4 Å². The summed E-state index contributed by atoms with van der Waals surface area (Å²) in [5.74, 6) is -0.761. The molecule has 5 nitrogen and oxygen atoms in total. The van der Waals surface area contributed by atoms with Gasteiger partial charge >= 0.3 is 0 Å². The standard InChI is InChI=1S/C18H20N2O3/c1-3-11(4-2)12-5-6-14-13(9-12)10-20(18(14)23)15-7-8-16(21)19-17(15)22/h3,5-6,9,15H,4,7-8,10H2,1-2H3,(H,19,21,22)/b11-3+. The molecule has 3 rings (SSSR count). The van der Waals surface area contributed by atoms with Crippen molar-refractivity contribution in [3.8, 4) is 0 Å². The van der Waals surface area contributed by atoms with E-state index in [1.54, 1.807) is 4.90 Å². The lowest BCUT2D eigenvalue weighted by Gasteiger charge is -2.29. The third kappa shape index (κ3) is 2.67. The first kappa shape index (κ1) is 15.5. The number of piperidine rings is 1. The Morgan fingerprint density at radius 2 is 2.13 bits per heavy atom. The van der Waals surface area contributed by atoms with E-state index in [1.807, 2.05) is 25.1 Å². The van der Waals surface area contributed by atoms with Crippen LogP contribution in [0.1, 0.15) is 54.6 Å². The minimum Gasteiger partial charge on any atom is -0.322 e. The van der Waals surface area contributed by atoms with E-state index in [0.717, 1.165) is 17.5 Å². The monoisotopic (exact) mass is 312 g/mol. The number of allylic oxidation sites excluding steroid dienone is 2. The summed E-state index contributed by atoms with van der Waals surface area (Å²) in [5, 5.41) is 2.32.